The molecule has 0 radical (unpaired) electrons. The van der Waals surface area contributed by atoms with E-state index >= 15 is 0 Å². The van der Waals surface area contributed by atoms with Crippen molar-refractivity contribution in [2.45, 2.75) is 34.6 Å². The summed E-state index contributed by atoms with van der Waals surface area (Å²) < 4.78 is 6.88. The van der Waals surface area contributed by atoms with Crippen LogP contribution in [0.1, 0.15) is 40.9 Å². The van der Waals surface area contributed by atoms with Gasteiger partial charge in [0.1, 0.15) is 12.1 Å². The number of aryl methyl sites for hydroxylation is 1. The van der Waals surface area contributed by atoms with E-state index in [1.807, 2.05) is 25.2 Å². The SMILES string of the molecule is COc1cc(C)c(/C=C/C(C)=C/C=C/C(C)=C/C(=O)n2ccnc2)c(C)c1C. The van der Waals surface area contributed by atoms with E-state index in [1.54, 1.807) is 25.6 Å². The van der Waals surface area contributed by atoms with Crippen molar-refractivity contribution in [3.8, 4) is 5.75 Å². The smallest absolute Gasteiger partial charge is 0.256 e. The average molecular weight is 377 g/mol. The zero-order valence-electron chi connectivity index (χ0n) is 17.5. The van der Waals surface area contributed by atoms with Crippen LogP contribution in [0.5, 0.6) is 5.75 Å². The van der Waals surface area contributed by atoms with E-state index in [0.29, 0.717) is 0 Å². The fraction of sp³-hybridized carbons (Fsp3) is 0.250. The lowest BCUT2D eigenvalue weighted by Gasteiger charge is -2.13. The summed E-state index contributed by atoms with van der Waals surface area (Å²) >= 11 is 0. The Morgan fingerprint density at radius 1 is 1.11 bits per heavy atom. The largest absolute Gasteiger partial charge is 0.496 e. The van der Waals surface area contributed by atoms with Crippen molar-refractivity contribution >= 4 is 12.0 Å². The Morgan fingerprint density at radius 2 is 1.86 bits per heavy atom. The highest BCUT2D eigenvalue weighted by atomic mass is 16.5. The number of benzene rings is 1. The molecule has 146 valence electrons. The molecule has 0 saturated carbocycles. The molecule has 28 heavy (non-hydrogen) atoms. The van der Waals surface area contributed by atoms with Gasteiger partial charge in [-0.2, -0.15) is 0 Å². The van der Waals surface area contributed by atoms with E-state index in [2.05, 4.69) is 50.9 Å². The molecule has 4 nitrogen and oxygen atoms in total. The van der Waals surface area contributed by atoms with Crippen molar-refractivity contribution in [2.75, 3.05) is 7.11 Å². The Kier molecular flexibility index (Phi) is 7.33. The Hall–Kier alpha value is -3.14. The summed E-state index contributed by atoms with van der Waals surface area (Å²) in [6.07, 6.45) is 16.4. The summed E-state index contributed by atoms with van der Waals surface area (Å²) in [7, 11) is 1.70. The van der Waals surface area contributed by atoms with Gasteiger partial charge in [-0.25, -0.2) is 4.98 Å². The molecule has 0 spiro atoms. The molecule has 0 aliphatic heterocycles. The average Bonchev–Trinajstić information content (AvgIpc) is 3.19. The maximum absolute atomic E-state index is 12.0. The van der Waals surface area contributed by atoms with Crippen molar-refractivity contribution < 1.29 is 9.53 Å². The maximum Gasteiger partial charge on any atom is 0.256 e. The first-order valence-electron chi connectivity index (χ1n) is 9.22. The van der Waals surface area contributed by atoms with E-state index in [-0.39, 0.29) is 5.91 Å². The molecule has 0 bridgehead atoms. The highest BCUT2D eigenvalue weighted by molar-refractivity contribution is 5.90. The Bertz CT molecular complexity index is 959. The number of imidazole rings is 1. The zero-order chi connectivity index (χ0) is 20.7. The van der Waals surface area contributed by atoms with Crippen LogP contribution in [0.3, 0.4) is 0 Å². The normalized spacial score (nSPS) is 12.9. The standard InChI is InChI=1S/C24H28N2O2/c1-17(8-7-9-18(2)14-24(27)26-13-12-25-16-26)10-11-22-19(3)15-23(28-6)21(5)20(22)4/h7-16H,1-6H3/b9-7+,11-10+,17-8+,18-14+. The van der Waals surface area contributed by atoms with E-state index in [0.717, 1.165) is 22.5 Å². The monoisotopic (exact) mass is 376 g/mol. The van der Waals surface area contributed by atoms with Crippen LogP contribution in [0, 0.1) is 20.8 Å². The fourth-order valence-electron chi connectivity index (χ4n) is 2.86. The molecule has 0 aliphatic carbocycles. The van der Waals surface area contributed by atoms with Crippen molar-refractivity contribution in [3.63, 3.8) is 0 Å². The van der Waals surface area contributed by atoms with Gasteiger partial charge in [-0.15, -0.1) is 0 Å². The number of methoxy groups -OCH3 is 1. The second kappa shape index (κ2) is 9.70. The predicted octanol–water partition coefficient (Wildman–Crippen LogP) is 5.62. The number of hydrogen-bond donors (Lipinski definition) is 0. The van der Waals surface area contributed by atoms with Gasteiger partial charge in [-0.05, 0) is 68.5 Å². The summed E-state index contributed by atoms with van der Waals surface area (Å²) in [4.78, 5) is 15.9. The highest BCUT2D eigenvalue weighted by Crippen LogP contribution is 2.28. The molecule has 1 heterocycles. The van der Waals surface area contributed by atoms with Crippen molar-refractivity contribution in [1.82, 2.24) is 9.55 Å². The Morgan fingerprint density at radius 3 is 2.50 bits per heavy atom. The van der Waals surface area contributed by atoms with E-state index in [9.17, 15) is 4.79 Å². The molecule has 0 N–H and O–H groups in total. The van der Waals surface area contributed by atoms with Gasteiger partial charge in [-0.1, -0.05) is 36.0 Å². The van der Waals surface area contributed by atoms with Crippen molar-refractivity contribution in [1.29, 1.82) is 0 Å². The molecule has 1 aromatic heterocycles. The third kappa shape index (κ3) is 5.43. The first kappa shape index (κ1) is 21.2. The number of carbonyl (C=O) groups is 1. The van der Waals surface area contributed by atoms with E-state index < -0.39 is 0 Å². The molecule has 2 aromatic rings. The number of rotatable bonds is 6. The van der Waals surface area contributed by atoms with Crippen LogP contribution >= 0.6 is 0 Å². The van der Waals surface area contributed by atoms with Gasteiger partial charge >= 0.3 is 0 Å². The van der Waals surface area contributed by atoms with Crippen LogP contribution < -0.4 is 4.74 Å². The number of allylic oxidation sites excluding steroid dienone is 7. The quantitative estimate of drug-likeness (QED) is 0.485. The molecule has 1 aromatic carbocycles. The van der Waals surface area contributed by atoms with E-state index in [1.165, 1.54) is 27.6 Å². The summed E-state index contributed by atoms with van der Waals surface area (Å²) in [5, 5.41) is 0. The lowest BCUT2D eigenvalue weighted by molar-refractivity contribution is 0.0968. The maximum atomic E-state index is 12.0. The van der Waals surface area contributed by atoms with Gasteiger partial charge in [0.15, 0.2) is 0 Å². The predicted molar refractivity (Wildman–Crippen MR) is 116 cm³/mol. The second-order valence-corrected chi connectivity index (χ2v) is 6.86. The number of ether oxygens (including phenoxy) is 1. The first-order valence-corrected chi connectivity index (χ1v) is 9.22. The molecule has 2 rings (SSSR count). The van der Waals surface area contributed by atoms with Gasteiger partial charge in [0, 0.05) is 18.5 Å². The molecular formula is C24H28N2O2. The fourth-order valence-corrected chi connectivity index (χ4v) is 2.86. The number of hydrogen-bond acceptors (Lipinski definition) is 3. The molecule has 0 atom stereocenters. The zero-order valence-corrected chi connectivity index (χ0v) is 17.5. The first-order chi connectivity index (χ1) is 13.3. The van der Waals surface area contributed by atoms with Gasteiger partial charge in [-0.3, -0.25) is 9.36 Å². The van der Waals surface area contributed by atoms with Gasteiger partial charge in [0.2, 0.25) is 0 Å². The molecule has 0 amide bonds. The third-order valence-electron chi connectivity index (χ3n) is 4.67. The molecule has 4 heteroatoms. The van der Waals surface area contributed by atoms with Crippen LogP contribution in [-0.4, -0.2) is 22.6 Å². The summed E-state index contributed by atoms with van der Waals surface area (Å²) in [6.45, 7) is 10.2. The minimum atomic E-state index is -0.110. The Labute approximate surface area is 167 Å². The van der Waals surface area contributed by atoms with Gasteiger partial charge < -0.3 is 4.74 Å². The molecular weight excluding hydrogens is 348 g/mol. The highest BCUT2D eigenvalue weighted by Gasteiger charge is 2.08. The van der Waals surface area contributed by atoms with Crippen LogP contribution in [-0.2, 0) is 0 Å². The molecule has 0 unspecified atom stereocenters. The lowest BCUT2D eigenvalue weighted by atomic mass is 9.96. The van der Waals surface area contributed by atoms with Crippen molar-refractivity contribution in [2.24, 2.45) is 0 Å². The second-order valence-electron chi connectivity index (χ2n) is 6.86. The van der Waals surface area contributed by atoms with Crippen LogP contribution in [0.2, 0.25) is 0 Å². The van der Waals surface area contributed by atoms with Gasteiger partial charge in [0.05, 0.1) is 7.11 Å². The number of nitrogens with zero attached hydrogens (tertiary/aromatic N) is 2. The molecule has 0 saturated heterocycles. The Balaban J connectivity index is 2.09. The van der Waals surface area contributed by atoms with Crippen LogP contribution in [0.4, 0.5) is 0 Å². The van der Waals surface area contributed by atoms with Gasteiger partial charge in [0.25, 0.3) is 5.91 Å². The number of aromatic nitrogens is 2. The van der Waals surface area contributed by atoms with Crippen molar-refractivity contribution in [3.05, 3.63) is 88.6 Å². The topological polar surface area (TPSA) is 44.1 Å². The van der Waals surface area contributed by atoms with Crippen LogP contribution in [0.25, 0.3) is 6.08 Å². The van der Waals surface area contributed by atoms with E-state index in [4.69, 9.17) is 4.74 Å². The summed E-state index contributed by atoms with van der Waals surface area (Å²) in [5.74, 6) is 0.816. The minimum absolute atomic E-state index is 0.110. The molecule has 0 aliphatic rings. The third-order valence-corrected chi connectivity index (χ3v) is 4.67. The molecule has 0 fully saturated rings. The number of carbonyl (C=O) groups excluding carboxylic acids is 1. The van der Waals surface area contributed by atoms with Crippen LogP contribution in [0.15, 0.2) is 66.3 Å². The minimum Gasteiger partial charge on any atom is -0.496 e. The lowest BCUT2D eigenvalue weighted by Crippen LogP contribution is -2.04. The summed E-state index contributed by atoms with van der Waals surface area (Å²) in [5.41, 5.74) is 6.81. The summed E-state index contributed by atoms with van der Waals surface area (Å²) in [6, 6.07) is 2.08.